The fourth-order valence-corrected chi connectivity index (χ4v) is 4.16. The molecule has 1 fully saturated rings. The van der Waals surface area contributed by atoms with Crippen LogP contribution in [-0.4, -0.2) is 66.0 Å². The number of piperazine rings is 1. The zero-order chi connectivity index (χ0) is 19.0. The van der Waals surface area contributed by atoms with Gasteiger partial charge in [0.05, 0.1) is 10.9 Å². The minimum atomic E-state index is -0.0299. The van der Waals surface area contributed by atoms with Crippen LogP contribution in [0.15, 0.2) is 30.7 Å². The maximum atomic E-state index is 12.0. The normalized spacial score (nSPS) is 14.6. The third kappa shape index (κ3) is 3.44. The summed E-state index contributed by atoms with van der Waals surface area (Å²) < 4.78 is 0. The third-order valence-electron chi connectivity index (χ3n) is 4.74. The highest BCUT2D eigenvalue weighted by Gasteiger charge is 2.21. The van der Waals surface area contributed by atoms with Crippen molar-refractivity contribution in [1.82, 2.24) is 19.9 Å². The summed E-state index contributed by atoms with van der Waals surface area (Å²) in [6, 6.07) is 5.94. The molecule has 0 N–H and O–H groups in total. The van der Waals surface area contributed by atoms with Crippen LogP contribution in [0.4, 0.5) is 11.6 Å². The van der Waals surface area contributed by atoms with E-state index < -0.39 is 0 Å². The van der Waals surface area contributed by atoms with E-state index in [1.165, 1.54) is 4.88 Å². The first-order valence-corrected chi connectivity index (χ1v) is 9.73. The molecule has 1 saturated heterocycles. The SMILES string of the molecule is Cc1cc2c(N3CCN(c4ccc(C(=O)N(C)C)cn4)CC3)ncnc2s1. The zero-order valence-corrected chi connectivity index (χ0v) is 16.5. The number of aryl methyl sites for hydroxylation is 1. The summed E-state index contributed by atoms with van der Waals surface area (Å²) in [5.41, 5.74) is 0.610. The van der Waals surface area contributed by atoms with Gasteiger partial charge < -0.3 is 14.7 Å². The Balaban J connectivity index is 1.46. The van der Waals surface area contributed by atoms with E-state index in [0.717, 1.165) is 48.0 Å². The van der Waals surface area contributed by atoms with Crippen molar-refractivity contribution in [3.05, 3.63) is 41.2 Å². The molecule has 7 nitrogen and oxygen atoms in total. The van der Waals surface area contributed by atoms with Gasteiger partial charge in [-0.15, -0.1) is 11.3 Å². The van der Waals surface area contributed by atoms with Crippen LogP contribution in [0, 0.1) is 6.92 Å². The van der Waals surface area contributed by atoms with Gasteiger partial charge in [-0.25, -0.2) is 15.0 Å². The van der Waals surface area contributed by atoms with Crippen molar-refractivity contribution >= 4 is 39.1 Å². The highest BCUT2D eigenvalue weighted by Crippen LogP contribution is 2.30. The summed E-state index contributed by atoms with van der Waals surface area (Å²) in [5.74, 6) is 1.89. The maximum Gasteiger partial charge on any atom is 0.254 e. The first kappa shape index (κ1) is 17.7. The van der Waals surface area contributed by atoms with Gasteiger partial charge in [0.15, 0.2) is 0 Å². The van der Waals surface area contributed by atoms with Crippen molar-refractivity contribution in [3.8, 4) is 0 Å². The van der Waals surface area contributed by atoms with Crippen LogP contribution in [0.5, 0.6) is 0 Å². The lowest BCUT2D eigenvalue weighted by Gasteiger charge is -2.36. The van der Waals surface area contributed by atoms with Crippen LogP contribution < -0.4 is 9.80 Å². The average molecular weight is 382 g/mol. The van der Waals surface area contributed by atoms with Crippen LogP contribution in [0.2, 0.25) is 0 Å². The molecule has 0 saturated carbocycles. The van der Waals surface area contributed by atoms with Crippen molar-refractivity contribution < 1.29 is 4.79 Å². The number of fused-ring (bicyclic) bond motifs is 1. The minimum absolute atomic E-state index is 0.0299. The lowest BCUT2D eigenvalue weighted by atomic mass is 10.2. The van der Waals surface area contributed by atoms with Gasteiger partial charge in [0.1, 0.15) is 22.8 Å². The van der Waals surface area contributed by atoms with E-state index in [9.17, 15) is 4.79 Å². The van der Waals surface area contributed by atoms with Gasteiger partial charge in [0.2, 0.25) is 0 Å². The molecular weight excluding hydrogens is 360 g/mol. The molecule has 4 rings (SSSR count). The molecule has 3 aromatic rings. The fraction of sp³-hybridized carbons (Fsp3) is 0.368. The predicted octanol–water partition coefficient (Wildman–Crippen LogP) is 2.42. The number of nitrogens with zero attached hydrogens (tertiary/aromatic N) is 6. The molecule has 4 heterocycles. The molecule has 1 aliphatic rings. The predicted molar refractivity (Wildman–Crippen MR) is 109 cm³/mol. The van der Waals surface area contributed by atoms with E-state index >= 15 is 0 Å². The number of anilines is 2. The van der Waals surface area contributed by atoms with E-state index in [4.69, 9.17) is 0 Å². The molecule has 1 aliphatic heterocycles. The van der Waals surface area contributed by atoms with E-state index in [0.29, 0.717) is 5.56 Å². The summed E-state index contributed by atoms with van der Waals surface area (Å²) in [6.45, 7) is 5.58. The molecule has 0 radical (unpaired) electrons. The summed E-state index contributed by atoms with van der Waals surface area (Å²) >= 11 is 1.70. The Morgan fingerprint density at radius 1 is 1.07 bits per heavy atom. The molecule has 8 heteroatoms. The van der Waals surface area contributed by atoms with Gasteiger partial charge in [-0.3, -0.25) is 4.79 Å². The molecule has 0 spiro atoms. The Morgan fingerprint density at radius 3 is 2.48 bits per heavy atom. The molecule has 140 valence electrons. The van der Waals surface area contributed by atoms with Crippen molar-refractivity contribution in [2.75, 3.05) is 50.1 Å². The standard InChI is InChI=1S/C19H22N6OS/c1-13-10-15-17(21-12-22-18(15)27-13)25-8-6-24(7-9-25)16-5-4-14(11-20-16)19(26)23(2)3/h4-5,10-12H,6-9H2,1-3H3. The summed E-state index contributed by atoms with van der Waals surface area (Å²) in [4.78, 5) is 33.8. The van der Waals surface area contributed by atoms with Gasteiger partial charge in [-0.1, -0.05) is 0 Å². The molecule has 0 unspecified atom stereocenters. The molecule has 27 heavy (non-hydrogen) atoms. The number of carbonyl (C=O) groups is 1. The molecule has 0 aliphatic carbocycles. The number of aromatic nitrogens is 3. The van der Waals surface area contributed by atoms with E-state index in [1.54, 1.807) is 42.9 Å². The van der Waals surface area contributed by atoms with Crippen LogP contribution in [0.25, 0.3) is 10.2 Å². The van der Waals surface area contributed by atoms with Crippen molar-refractivity contribution in [2.24, 2.45) is 0 Å². The number of carbonyl (C=O) groups excluding carboxylic acids is 1. The monoisotopic (exact) mass is 382 g/mol. The number of rotatable bonds is 3. The quantitative estimate of drug-likeness (QED) is 0.693. The number of pyridine rings is 1. The molecule has 1 amide bonds. The van der Waals surface area contributed by atoms with Gasteiger partial charge >= 0.3 is 0 Å². The largest absolute Gasteiger partial charge is 0.353 e. The fourth-order valence-electron chi connectivity index (χ4n) is 3.32. The lowest BCUT2D eigenvalue weighted by Crippen LogP contribution is -2.47. The van der Waals surface area contributed by atoms with Gasteiger partial charge in [0.25, 0.3) is 5.91 Å². The zero-order valence-electron chi connectivity index (χ0n) is 15.7. The summed E-state index contributed by atoms with van der Waals surface area (Å²) in [5, 5.41) is 1.14. The van der Waals surface area contributed by atoms with Crippen LogP contribution in [-0.2, 0) is 0 Å². The van der Waals surface area contributed by atoms with Gasteiger partial charge in [-0.2, -0.15) is 0 Å². The number of hydrogen-bond donors (Lipinski definition) is 0. The second kappa shape index (κ2) is 7.11. The molecule has 0 bridgehead atoms. The van der Waals surface area contributed by atoms with Crippen LogP contribution >= 0.6 is 11.3 Å². The third-order valence-corrected chi connectivity index (χ3v) is 5.69. The average Bonchev–Trinajstić information content (AvgIpc) is 3.08. The van der Waals surface area contributed by atoms with Crippen molar-refractivity contribution in [3.63, 3.8) is 0 Å². The maximum absolute atomic E-state index is 12.0. The summed E-state index contributed by atoms with van der Waals surface area (Å²) in [6.07, 6.45) is 3.31. The smallest absolute Gasteiger partial charge is 0.254 e. The van der Waals surface area contributed by atoms with Crippen molar-refractivity contribution in [1.29, 1.82) is 0 Å². The van der Waals surface area contributed by atoms with Crippen molar-refractivity contribution in [2.45, 2.75) is 6.92 Å². The summed E-state index contributed by atoms with van der Waals surface area (Å²) in [7, 11) is 3.49. The molecule has 3 aromatic heterocycles. The van der Waals surface area contributed by atoms with Gasteiger partial charge in [0, 0.05) is 51.3 Å². The Hall–Kier alpha value is -2.74. The lowest BCUT2D eigenvalue weighted by molar-refractivity contribution is 0.0827. The Bertz CT molecular complexity index is 960. The number of thiophene rings is 1. The molecular formula is C19H22N6OS. The second-order valence-electron chi connectivity index (χ2n) is 6.85. The van der Waals surface area contributed by atoms with E-state index in [2.05, 4.69) is 37.7 Å². The first-order valence-electron chi connectivity index (χ1n) is 8.91. The second-order valence-corrected chi connectivity index (χ2v) is 8.09. The van der Waals surface area contributed by atoms with Gasteiger partial charge in [-0.05, 0) is 25.1 Å². The Morgan fingerprint density at radius 2 is 1.81 bits per heavy atom. The van der Waals surface area contributed by atoms with Crippen LogP contribution in [0.1, 0.15) is 15.2 Å². The van der Waals surface area contributed by atoms with E-state index in [-0.39, 0.29) is 5.91 Å². The molecule has 0 atom stereocenters. The number of hydrogen-bond acceptors (Lipinski definition) is 7. The topological polar surface area (TPSA) is 65.5 Å². The minimum Gasteiger partial charge on any atom is -0.353 e. The molecule has 0 aromatic carbocycles. The van der Waals surface area contributed by atoms with E-state index in [1.807, 2.05) is 12.1 Å². The first-order chi connectivity index (χ1) is 13.0. The van der Waals surface area contributed by atoms with Crippen LogP contribution in [0.3, 0.4) is 0 Å². The number of amides is 1. The highest BCUT2D eigenvalue weighted by molar-refractivity contribution is 7.18. The Labute approximate surface area is 162 Å². The highest BCUT2D eigenvalue weighted by atomic mass is 32.1. The Kier molecular flexibility index (Phi) is 4.65.